The van der Waals surface area contributed by atoms with Gasteiger partial charge in [0.15, 0.2) is 5.58 Å². The molecule has 0 saturated carbocycles. The van der Waals surface area contributed by atoms with Crippen LogP contribution in [0.25, 0.3) is 16.6 Å². The van der Waals surface area contributed by atoms with Crippen LogP contribution in [0.2, 0.25) is 0 Å². The van der Waals surface area contributed by atoms with Crippen molar-refractivity contribution in [1.29, 1.82) is 0 Å². The lowest BCUT2D eigenvalue weighted by atomic mass is 10.4. The summed E-state index contributed by atoms with van der Waals surface area (Å²) in [5, 5.41) is 4.27. The van der Waals surface area contributed by atoms with Crippen molar-refractivity contribution in [3.05, 3.63) is 34.6 Å². The Balaban J connectivity index is 2.10. The van der Waals surface area contributed by atoms with Gasteiger partial charge < -0.3 is 9.32 Å². The Morgan fingerprint density at radius 1 is 1.32 bits per heavy atom. The monoisotopic (exact) mass is 302 g/mol. The van der Waals surface area contributed by atoms with Gasteiger partial charge in [-0.05, 0) is 20.8 Å². The first-order valence-electron chi connectivity index (χ1n) is 7.31. The van der Waals surface area contributed by atoms with Gasteiger partial charge in [-0.1, -0.05) is 0 Å². The first-order valence-corrected chi connectivity index (χ1v) is 7.31. The molecule has 0 aliphatic heterocycles. The number of fused-ring (bicyclic) bond motifs is 3. The number of likely N-dealkylation sites (N-methyl/N-ethyl adjacent to an activating group) is 1. The number of aromatic nitrogens is 3. The van der Waals surface area contributed by atoms with E-state index in [-0.39, 0.29) is 18.0 Å². The van der Waals surface area contributed by atoms with Crippen LogP contribution in [-0.4, -0.2) is 38.1 Å². The predicted molar refractivity (Wildman–Crippen MR) is 81.9 cm³/mol. The molecule has 0 fully saturated rings. The summed E-state index contributed by atoms with van der Waals surface area (Å²) in [6.07, 6.45) is 1.58. The molecule has 0 atom stereocenters. The van der Waals surface area contributed by atoms with Crippen LogP contribution in [0.4, 0.5) is 0 Å². The molecule has 7 heteroatoms. The smallest absolute Gasteiger partial charge is 0.291 e. The van der Waals surface area contributed by atoms with Crippen LogP contribution in [0.1, 0.15) is 19.7 Å². The maximum absolute atomic E-state index is 12.6. The number of nitrogens with zero attached hydrogens (tertiary/aromatic N) is 4. The summed E-state index contributed by atoms with van der Waals surface area (Å²) in [7, 11) is 0. The van der Waals surface area contributed by atoms with Crippen molar-refractivity contribution in [2.75, 3.05) is 13.1 Å². The van der Waals surface area contributed by atoms with E-state index in [4.69, 9.17) is 4.42 Å². The number of hydrogen-bond acceptors (Lipinski definition) is 4. The van der Waals surface area contributed by atoms with Gasteiger partial charge in [-0.25, -0.2) is 4.68 Å². The molecule has 116 valence electrons. The van der Waals surface area contributed by atoms with Gasteiger partial charge in [-0.15, -0.1) is 0 Å². The van der Waals surface area contributed by atoms with Crippen LogP contribution < -0.4 is 5.56 Å². The summed E-state index contributed by atoms with van der Waals surface area (Å²) in [5.41, 5.74) is 1.61. The average Bonchev–Trinajstić information content (AvgIpc) is 3.06. The normalized spacial score (nSPS) is 11.4. The van der Waals surface area contributed by atoms with E-state index in [0.29, 0.717) is 30.0 Å². The van der Waals surface area contributed by atoms with Gasteiger partial charge in [-0.2, -0.15) is 5.10 Å². The second-order valence-electron chi connectivity index (χ2n) is 5.11. The van der Waals surface area contributed by atoms with E-state index in [0.717, 1.165) is 5.52 Å². The summed E-state index contributed by atoms with van der Waals surface area (Å²) >= 11 is 0. The molecule has 0 aromatic carbocycles. The Kier molecular flexibility index (Phi) is 3.48. The Labute approximate surface area is 126 Å². The number of carbonyl (C=O) groups is 1. The molecule has 1 amide bonds. The number of amides is 1. The van der Waals surface area contributed by atoms with E-state index < -0.39 is 0 Å². The Hall–Kier alpha value is -2.57. The Bertz CT molecular complexity index is 899. The van der Waals surface area contributed by atoms with Gasteiger partial charge >= 0.3 is 0 Å². The zero-order chi connectivity index (χ0) is 15.9. The largest absolute Gasteiger partial charge is 0.463 e. The van der Waals surface area contributed by atoms with E-state index in [1.807, 2.05) is 13.8 Å². The molecule has 0 unspecified atom stereocenters. The van der Waals surface area contributed by atoms with E-state index >= 15 is 0 Å². The van der Waals surface area contributed by atoms with Crippen LogP contribution in [0.3, 0.4) is 0 Å². The van der Waals surface area contributed by atoms with Crippen molar-refractivity contribution in [3.8, 4) is 0 Å². The highest BCUT2D eigenvalue weighted by molar-refractivity contribution is 5.82. The van der Waals surface area contributed by atoms with Crippen molar-refractivity contribution in [1.82, 2.24) is 19.1 Å². The minimum atomic E-state index is -0.294. The lowest BCUT2D eigenvalue weighted by molar-refractivity contribution is -0.131. The highest BCUT2D eigenvalue weighted by Gasteiger charge is 2.17. The Morgan fingerprint density at radius 3 is 2.73 bits per heavy atom. The third kappa shape index (κ3) is 2.09. The maximum atomic E-state index is 12.6. The highest BCUT2D eigenvalue weighted by atomic mass is 16.3. The van der Waals surface area contributed by atoms with Crippen molar-refractivity contribution in [3.63, 3.8) is 0 Å². The van der Waals surface area contributed by atoms with Gasteiger partial charge in [0.2, 0.25) is 5.91 Å². The fourth-order valence-electron chi connectivity index (χ4n) is 2.74. The van der Waals surface area contributed by atoms with Gasteiger partial charge in [0.25, 0.3) is 5.56 Å². The number of furan rings is 1. The summed E-state index contributed by atoms with van der Waals surface area (Å²) < 4.78 is 8.31. The standard InChI is InChI=1S/C15H18N4O3/c1-4-17(5-2)14(20)9-18-15(21)12-8-13-11(6-7-22-13)19(12)10(3)16-18/h6-8H,4-5,9H2,1-3H3. The van der Waals surface area contributed by atoms with Gasteiger partial charge in [0, 0.05) is 25.2 Å². The number of aryl methyl sites for hydroxylation is 1. The molecule has 7 nitrogen and oxygen atoms in total. The van der Waals surface area contributed by atoms with E-state index in [1.165, 1.54) is 4.68 Å². The zero-order valence-electron chi connectivity index (χ0n) is 12.9. The summed E-state index contributed by atoms with van der Waals surface area (Å²) in [4.78, 5) is 26.4. The molecule has 0 N–H and O–H groups in total. The van der Waals surface area contributed by atoms with Crippen LogP contribution in [0.15, 0.2) is 27.6 Å². The molecule has 0 bridgehead atoms. The summed E-state index contributed by atoms with van der Waals surface area (Å²) in [6.45, 7) is 6.80. The van der Waals surface area contributed by atoms with E-state index in [2.05, 4.69) is 5.10 Å². The quantitative estimate of drug-likeness (QED) is 0.730. The van der Waals surface area contributed by atoms with Crippen molar-refractivity contribution in [2.24, 2.45) is 0 Å². The predicted octanol–water partition coefficient (Wildman–Crippen LogP) is 1.42. The third-order valence-corrected chi connectivity index (χ3v) is 3.87. The average molecular weight is 302 g/mol. The van der Waals surface area contributed by atoms with Gasteiger partial charge in [0.05, 0.1) is 11.8 Å². The van der Waals surface area contributed by atoms with Crippen LogP contribution in [0.5, 0.6) is 0 Å². The second-order valence-corrected chi connectivity index (χ2v) is 5.11. The molecule has 3 aromatic rings. The fraction of sp³-hybridized carbons (Fsp3) is 0.400. The molecular formula is C15H18N4O3. The molecule has 0 radical (unpaired) electrons. The molecule has 0 aliphatic carbocycles. The highest BCUT2D eigenvalue weighted by Crippen LogP contribution is 2.19. The topological polar surface area (TPSA) is 72.8 Å². The molecule has 0 saturated heterocycles. The number of carbonyl (C=O) groups excluding carboxylic acids is 1. The first kappa shape index (κ1) is 14.4. The molecule has 3 rings (SSSR count). The summed E-state index contributed by atoms with van der Waals surface area (Å²) in [5.74, 6) is 0.525. The van der Waals surface area contributed by atoms with Crippen LogP contribution in [-0.2, 0) is 11.3 Å². The lowest BCUT2D eigenvalue weighted by Crippen LogP contribution is -2.37. The van der Waals surface area contributed by atoms with Crippen molar-refractivity contribution in [2.45, 2.75) is 27.3 Å². The number of rotatable bonds is 4. The van der Waals surface area contributed by atoms with Crippen LogP contribution >= 0.6 is 0 Å². The minimum absolute atomic E-state index is 0.0512. The lowest BCUT2D eigenvalue weighted by Gasteiger charge is -2.18. The van der Waals surface area contributed by atoms with Gasteiger partial charge in [0.1, 0.15) is 17.9 Å². The molecule has 3 aromatic heterocycles. The molecule has 22 heavy (non-hydrogen) atoms. The zero-order valence-corrected chi connectivity index (χ0v) is 12.9. The Morgan fingerprint density at radius 2 is 2.05 bits per heavy atom. The van der Waals surface area contributed by atoms with Gasteiger partial charge in [-0.3, -0.25) is 14.0 Å². The minimum Gasteiger partial charge on any atom is -0.463 e. The molecular weight excluding hydrogens is 284 g/mol. The summed E-state index contributed by atoms with van der Waals surface area (Å²) in [6, 6.07) is 3.48. The van der Waals surface area contributed by atoms with Crippen molar-refractivity contribution < 1.29 is 9.21 Å². The SMILES string of the molecule is CCN(CC)C(=O)Cn1nc(C)n2c(cc3occc32)c1=O. The van der Waals surface area contributed by atoms with E-state index in [9.17, 15) is 9.59 Å². The van der Waals surface area contributed by atoms with Crippen molar-refractivity contribution >= 4 is 22.5 Å². The molecule has 3 heterocycles. The fourth-order valence-corrected chi connectivity index (χ4v) is 2.74. The molecule has 0 spiro atoms. The van der Waals surface area contributed by atoms with E-state index in [1.54, 1.807) is 34.6 Å². The maximum Gasteiger partial charge on any atom is 0.291 e. The molecule has 0 aliphatic rings. The second kappa shape index (κ2) is 5.32. The third-order valence-electron chi connectivity index (χ3n) is 3.87. The number of hydrogen-bond donors (Lipinski definition) is 0. The first-order chi connectivity index (χ1) is 10.6. The van der Waals surface area contributed by atoms with Crippen LogP contribution in [0, 0.1) is 6.92 Å².